The van der Waals surface area contributed by atoms with Gasteiger partial charge in [0.1, 0.15) is 10.7 Å². The van der Waals surface area contributed by atoms with E-state index in [1.807, 2.05) is 0 Å². The number of hydrogen-bond donors (Lipinski definition) is 2. The molecule has 0 radical (unpaired) electrons. The highest BCUT2D eigenvalue weighted by Crippen LogP contribution is 2.12. The summed E-state index contributed by atoms with van der Waals surface area (Å²) in [5.74, 6) is -0.656. The summed E-state index contributed by atoms with van der Waals surface area (Å²) >= 11 is 0. The third-order valence-corrected chi connectivity index (χ3v) is 4.35. The highest BCUT2D eigenvalue weighted by molar-refractivity contribution is 7.89. The van der Waals surface area contributed by atoms with Gasteiger partial charge in [-0.15, -0.1) is 0 Å². The third kappa shape index (κ3) is 3.47. The smallest absolute Gasteiger partial charge is 0.242 e. The van der Waals surface area contributed by atoms with Crippen LogP contribution in [0.5, 0.6) is 0 Å². The molecule has 0 saturated carbocycles. The Morgan fingerprint density at radius 2 is 2.22 bits per heavy atom. The molecular formula is C11H16FN3O2S. The first-order valence-electron chi connectivity index (χ1n) is 5.91. The van der Waals surface area contributed by atoms with Crippen LogP contribution in [0, 0.1) is 5.82 Å². The van der Waals surface area contributed by atoms with E-state index in [4.69, 9.17) is 0 Å². The molecule has 1 aromatic rings. The van der Waals surface area contributed by atoms with E-state index < -0.39 is 15.8 Å². The first-order chi connectivity index (χ1) is 8.58. The van der Waals surface area contributed by atoms with Crippen molar-refractivity contribution >= 4 is 10.0 Å². The fraction of sp³-hybridized carbons (Fsp3) is 0.545. The summed E-state index contributed by atoms with van der Waals surface area (Å²) in [4.78, 5) is 3.42. The molecule has 7 heteroatoms. The molecule has 1 saturated heterocycles. The van der Waals surface area contributed by atoms with Gasteiger partial charge in [-0.3, -0.25) is 4.98 Å². The third-order valence-electron chi connectivity index (χ3n) is 2.86. The highest BCUT2D eigenvalue weighted by atomic mass is 32.2. The second-order valence-electron chi connectivity index (χ2n) is 4.36. The van der Waals surface area contributed by atoms with Gasteiger partial charge in [-0.05, 0) is 25.5 Å². The van der Waals surface area contributed by atoms with Gasteiger partial charge in [0.15, 0.2) is 0 Å². The zero-order valence-electron chi connectivity index (χ0n) is 9.89. The number of pyridine rings is 1. The molecule has 1 atom stereocenters. The minimum Gasteiger partial charge on any atom is -0.315 e. The zero-order chi connectivity index (χ0) is 13.0. The van der Waals surface area contributed by atoms with Crippen molar-refractivity contribution in [2.45, 2.75) is 30.2 Å². The van der Waals surface area contributed by atoms with E-state index in [9.17, 15) is 12.8 Å². The van der Waals surface area contributed by atoms with Crippen LogP contribution in [0.2, 0.25) is 0 Å². The van der Waals surface area contributed by atoms with Crippen LogP contribution in [-0.4, -0.2) is 32.5 Å². The van der Waals surface area contributed by atoms with E-state index >= 15 is 0 Å². The predicted molar refractivity (Wildman–Crippen MR) is 65.0 cm³/mol. The number of aromatic nitrogens is 1. The van der Waals surface area contributed by atoms with Crippen molar-refractivity contribution in [1.29, 1.82) is 0 Å². The fourth-order valence-electron chi connectivity index (χ4n) is 1.95. The van der Waals surface area contributed by atoms with Crippen molar-refractivity contribution < 1.29 is 12.8 Å². The van der Waals surface area contributed by atoms with Crippen LogP contribution in [0.1, 0.15) is 19.3 Å². The maximum Gasteiger partial charge on any atom is 0.242 e. The lowest BCUT2D eigenvalue weighted by molar-refractivity contribution is 0.519. The lowest BCUT2D eigenvalue weighted by Crippen LogP contribution is -2.40. The summed E-state index contributed by atoms with van der Waals surface area (Å²) in [6.45, 7) is 1.50. The number of sulfonamides is 1. The summed E-state index contributed by atoms with van der Waals surface area (Å²) < 4.78 is 39.6. The summed E-state index contributed by atoms with van der Waals surface area (Å²) in [6, 6.07) is 0.820. The fourth-order valence-corrected chi connectivity index (χ4v) is 3.19. The Morgan fingerprint density at radius 1 is 1.39 bits per heavy atom. The largest absolute Gasteiger partial charge is 0.315 e. The summed E-state index contributed by atoms with van der Waals surface area (Å²) in [6.07, 6.45) is 4.93. The molecule has 0 amide bonds. The van der Waals surface area contributed by atoms with Crippen molar-refractivity contribution in [2.24, 2.45) is 0 Å². The minimum atomic E-state index is -3.69. The van der Waals surface area contributed by atoms with Gasteiger partial charge in [0.2, 0.25) is 10.0 Å². The molecule has 2 rings (SSSR count). The quantitative estimate of drug-likeness (QED) is 0.848. The summed E-state index contributed by atoms with van der Waals surface area (Å²) in [5, 5.41) is 3.17. The Bertz CT molecular complexity index is 499. The maximum absolute atomic E-state index is 13.0. The molecule has 2 N–H and O–H groups in total. The first kappa shape index (κ1) is 13.4. The van der Waals surface area contributed by atoms with Crippen LogP contribution in [-0.2, 0) is 10.0 Å². The SMILES string of the molecule is O=S(=O)(NC1CCCCNC1)c1cncc(F)c1. The Morgan fingerprint density at radius 3 is 3.00 bits per heavy atom. The molecule has 0 spiro atoms. The van der Waals surface area contributed by atoms with Crippen LogP contribution in [0.25, 0.3) is 0 Å². The Hall–Kier alpha value is -1.05. The molecule has 18 heavy (non-hydrogen) atoms. The second kappa shape index (κ2) is 5.73. The van der Waals surface area contributed by atoms with Crippen molar-refractivity contribution in [3.8, 4) is 0 Å². The molecule has 0 bridgehead atoms. The van der Waals surface area contributed by atoms with E-state index in [0.717, 1.165) is 44.3 Å². The van der Waals surface area contributed by atoms with Gasteiger partial charge in [0, 0.05) is 18.8 Å². The van der Waals surface area contributed by atoms with Crippen molar-refractivity contribution in [2.75, 3.05) is 13.1 Å². The first-order valence-corrected chi connectivity index (χ1v) is 7.40. The number of nitrogens with zero attached hydrogens (tertiary/aromatic N) is 1. The van der Waals surface area contributed by atoms with E-state index in [0.29, 0.717) is 6.54 Å². The van der Waals surface area contributed by atoms with E-state index in [1.165, 1.54) is 0 Å². The predicted octanol–water partition coefficient (Wildman–Crippen LogP) is 0.641. The molecule has 5 nitrogen and oxygen atoms in total. The molecule has 100 valence electrons. The van der Waals surface area contributed by atoms with Gasteiger partial charge in [-0.1, -0.05) is 6.42 Å². The molecule has 1 aliphatic heterocycles. The molecular weight excluding hydrogens is 257 g/mol. The molecule has 1 fully saturated rings. The Labute approximate surface area is 106 Å². The van der Waals surface area contributed by atoms with E-state index in [1.54, 1.807) is 0 Å². The molecule has 1 aliphatic rings. The van der Waals surface area contributed by atoms with E-state index in [2.05, 4.69) is 15.0 Å². The van der Waals surface area contributed by atoms with Gasteiger partial charge in [-0.25, -0.2) is 17.5 Å². The van der Waals surface area contributed by atoms with Gasteiger partial charge in [-0.2, -0.15) is 0 Å². The molecule has 0 aromatic carbocycles. The number of halogens is 1. The van der Waals surface area contributed by atoms with Crippen molar-refractivity contribution in [3.05, 3.63) is 24.3 Å². The van der Waals surface area contributed by atoms with Gasteiger partial charge < -0.3 is 5.32 Å². The average Bonchev–Trinajstić information content (AvgIpc) is 2.57. The summed E-state index contributed by atoms with van der Waals surface area (Å²) in [7, 11) is -3.69. The lowest BCUT2D eigenvalue weighted by Gasteiger charge is -2.16. The monoisotopic (exact) mass is 273 g/mol. The number of rotatable bonds is 3. The average molecular weight is 273 g/mol. The normalized spacial score (nSPS) is 21.5. The van der Waals surface area contributed by atoms with Crippen LogP contribution in [0.3, 0.4) is 0 Å². The second-order valence-corrected chi connectivity index (χ2v) is 6.07. The Kier molecular flexibility index (Phi) is 4.26. The van der Waals surface area contributed by atoms with Crippen LogP contribution < -0.4 is 10.0 Å². The van der Waals surface area contributed by atoms with Crippen molar-refractivity contribution in [3.63, 3.8) is 0 Å². The minimum absolute atomic E-state index is 0.133. The van der Waals surface area contributed by atoms with Crippen LogP contribution in [0.4, 0.5) is 4.39 Å². The highest BCUT2D eigenvalue weighted by Gasteiger charge is 2.21. The molecule has 2 heterocycles. The zero-order valence-corrected chi connectivity index (χ0v) is 10.7. The van der Waals surface area contributed by atoms with Gasteiger partial charge in [0.25, 0.3) is 0 Å². The molecule has 0 aliphatic carbocycles. The molecule has 1 unspecified atom stereocenters. The van der Waals surface area contributed by atoms with Crippen molar-refractivity contribution in [1.82, 2.24) is 15.0 Å². The standard InChI is InChI=1S/C11H16FN3O2S/c12-9-5-11(8-14-6-9)18(16,17)15-10-3-1-2-4-13-7-10/h5-6,8,10,13,15H,1-4,7H2. The van der Waals surface area contributed by atoms with E-state index in [-0.39, 0.29) is 10.9 Å². The Balaban J connectivity index is 2.11. The van der Waals surface area contributed by atoms with Gasteiger partial charge >= 0.3 is 0 Å². The number of nitrogens with one attached hydrogen (secondary N) is 2. The summed E-state index contributed by atoms with van der Waals surface area (Å²) in [5.41, 5.74) is 0. The van der Waals surface area contributed by atoms with Gasteiger partial charge in [0.05, 0.1) is 6.20 Å². The van der Waals surface area contributed by atoms with Crippen LogP contribution in [0.15, 0.2) is 23.4 Å². The number of hydrogen-bond acceptors (Lipinski definition) is 4. The van der Waals surface area contributed by atoms with Crippen LogP contribution >= 0.6 is 0 Å². The molecule has 1 aromatic heterocycles. The maximum atomic E-state index is 13.0. The lowest BCUT2D eigenvalue weighted by atomic mass is 10.2. The topological polar surface area (TPSA) is 71.1 Å².